The summed E-state index contributed by atoms with van der Waals surface area (Å²) in [4.78, 5) is 11.4. The van der Waals surface area contributed by atoms with Gasteiger partial charge in [0, 0.05) is 12.1 Å². The van der Waals surface area contributed by atoms with Gasteiger partial charge in [-0.3, -0.25) is 0 Å². The first kappa shape index (κ1) is 28.4. The van der Waals surface area contributed by atoms with Gasteiger partial charge in [0.2, 0.25) is 0 Å². The topological polar surface area (TPSA) is 88.0 Å². The van der Waals surface area contributed by atoms with Crippen LogP contribution in [0.5, 0.6) is 5.75 Å². The standard InChI is InChI=1S/C31H39NO5/c1-20-11-12-24(29(15-20)36-6)17-31(4,5)32-18-25(33)19-37-22(3)27-9-7-8-10-28(27)23-13-14-26(30(34)35)21(2)16-23/h7-16,22,25,32-33H,17-19H2,1-6H3,(H,34,35)/t22?,25-/m0/s1. The molecule has 0 fully saturated rings. The van der Waals surface area contributed by atoms with Crippen LogP contribution in [-0.4, -0.2) is 48.1 Å². The molecule has 3 N–H and O–H groups in total. The molecule has 37 heavy (non-hydrogen) atoms. The molecule has 3 rings (SSSR count). The van der Waals surface area contributed by atoms with Crippen LogP contribution in [0.15, 0.2) is 60.7 Å². The van der Waals surface area contributed by atoms with Gasteiger partial charge in [0.1, 0.15) is 5.75 Å². The summed E-state index contributed by atoms with van der Waals surface area (Å²) >= 11 is 0. The van der Waals surface area contributed by atoms with Crippen molar-refractivity contribution in [3.8, 4) is 16.9 Å². The van der Waals surface area contributed by atoms with Crippen LogP contribution in [0.3, 0.4) is 0 Å². The Labute approximate surface area is 220 Å². The van der Waals surface area contributed by atoms with E-state index in [-0.39, 0.29) is 18.2 Å². The van der Waals surface area contributed by atoms with Crippen LogP contribution in [0, 0.1) is 13.8 Å². The fourth-order valence-corrected chi connectivity index (χ4v) is 4.52. The summed E-state index contributed by atoms with van der Waals surface area (Å²) in [6.07, 6.45) is -0.172. The Morgan fingerprint density at radius 3 is 2.46 bits per heavy atom. The van der Waals surface area contributed by atoms with Crippen molar-refractivity contribution in [3.05, 3.63) is 88.5 Å². The van der Waals surface area contributed by atoms with E-state index in [2.05, 4.69) is 31.3 Å². The quantitative estimate of drug-likeness (QED) is 0.292. The highest BCUT2D eigenvalue weighted by Gasteiger charge is 2.22. The second-order valence-corrected chi connectivity index (χ2v) is 10.3. The van der Waals surface area contributed by atoms with E-state index >= 15 is 0 Å². The van der Waals surface area contributed by atoms with Crippen molar-refractivity contribution >= 4 is 5.97 Å². The van der Waals surface area contributed by atoms with E-state index in [0.29, 0.717) is 17.7 Å². The number of nitrogens with one attached hydrogen (secondary N) is 1. The summed E-state index contributed by atoms with van der Waals surface area (Å²) < 4.78 is 11.6. The van der Waals surface area contributed by atoms with E-state index in [1.165, 1.54) is 0 Å². The van der Waals surface area contributed by atoms with Gasteiger partial charge >= 0.3 is 5.97 Å². The lowest BCUT2D eigenvalue weighted by atomic mass is 9.93. The van der Waals surface area contributed by atoms with Crippen molar-refractivity contribution in [1.82, 2.24) is 5.32 Å². The maximum absolute atomic E-state index is 11.4. The number of hydrogen-bond acceptors (Lipinski definition) is 5. The minimum atomic E-state index is -0.933. The van der Waals surface area contributed by atoms with Gasteiger partial charge in [0.05, 0.1) is 31.5 Å². The number of carboxylic acid groups (broad SMARTS) is 1. The minimum Gasteiger partial charge on any atom is -0.496 e. The molecule has 6 heteroatoms. The molecule has 2 atom stereocenters. The van der Waals surface area contributed by atoms with Crippen LogP contribution in [0.2, 0.25) is 0 Å². The highest BCUT2D eigenvalue weighted by molar-refractivity contribution is 5.90. The van der Waals surface area contributed by atoms with Crippen molar-refractivity contribution in [2.24, 2.45) is 0 Å². The van der Waals surface area contributed by atoms with Gasteiger partial charge < -0.3 is 25.0 Å². The lowest BCUT2D eigenvalue weighted by Crippen LogP contribution is -2.46. The Kier molecular flexibility index (Phi) is 9.49. The molecule has 0 aliphatic carbocycles. The van der Waals surface area contributed by atoms with Gasteiger partial charge in [-0.2, -0.15) is 0 Å². The normalized spacial score (nSPS) is 13.3. The lowest BCUT2D eigenvalue weighted by Gasteiger charge is -2.29. The fraction of sp³-hybridized carbons (Fsp3) is 0.387. The molecule has 198 valence electrons. The number of benzene rings is 3. The number of aliphatic hydroxyl groups excluding tert-OH is 1. The predicted molar refractivity (Wildman–Crippen MR) is 147 cm³/mol. The van der Waals surface area contributed by atoms with Crippen molar-refractivity contribution in [2.75, 3.05) is 20.3 Å². The number of rotatable bonds is 12. The molecule has 0 radical (unpaired) electrons. The lowest BCUT2D eigenvalue weighted by molar-refractivity contribution is -0.00398. The molecular weight excluding hydrogens is 466 g/mol. The third-order valence-corrected chi connectivity index (χ3v) is 6.60. The predicted octanol–water partition coefficient (Wildman–Crippen LogP) is 5.73. The molecule has 0 heterocycles. The largest absolute Gasteiger partial charge is 0.496 e. The van der Waals surface area contributed by atoms with E-state index in [0.717, 1.165) is 40.0 Å². The van der Waals surface area contributed by atoms with E-state index in [9.17, 15) is 15.0 Å². The Balaban J connectivity index is 1.60. The number of hydrogen-bond donors (Lipinski definition) is 3. The first-order valence-corrected chi connectivity index (χ1v) is 12.6. The molecule has 6 nitrogen and oxygen atoms in total. The Morgan fingerprint density at radius 1 is 1.05 bits per heavy atom. The van der Waals surface area contributed by atoms with E-state index in [1.54, 1.807) is 20.1 Å². The number of aromatic carboxylic acids is 1. The monoisotopic (exact) mass is 505 g/mol. The molecule has 0 bridgehead atoms. The Hall–Kier alpha value is -3.19. The molecule has 3 aromatic carbocycles. The average Bonchev–Trinajstić information content (AvgIpc) is 2.86. The minimum absolute atomic E-state index is 0.184. The number of carbonyl (C=O) groups is 1. The fourth-order valence-electron chi connectivity index (χ4n) is 4.52. The number of aliphatic hydroxyl groups is 1. The van der Waals surface area contributed by atoms with E-state index < -0.39 is 12.1 Å². The van der Waals surface area contributed by atoms with Gasteiger partial charge in [0.15, 0.2) is 0 Å². The zero-order valence-corrected chi connectivity index (χ0v) is 22.7. The van der Waals surface area contributed by atoms with Crippen LogP contribution in [0.1, 0.15) is 59.5 Å². The second-order valence-electron chi connectivity index (χ2n) is 10.3. The number of aryl methyl sites for hydroxylation is 2. The van der Waals surface area contributed by atoms with Crippen LogP contribution < -0.4 is 10.1 Å². The maximum Gasteiger partial charge on any atom is 0.335 e. The molecule has 0 saturated carbocycles. The molecule has 3 aromatic rings. The summed E-state index contributed by atoms with van der Waals surface area (Å²) in [6, 6.07) is 19.5. The Morgan fingerprint density at radius 2 is 1.78 bits per heavy atom. The summed E-state index contributed by atoms with van der Waals surface area (Å²) in [5, 5.41) is 23.4. The number of methoxy groups -OCH3 is 1. The first-order chi connectivity index (χ1) is 17.5. The van der Waals surface area contributed by atoms with Gasteiger partial charge in [-0.25, -0.2) is 4.79 Å². The molecule has 0 spiro atoms. The summed E-state index contributed by atoms with van der Waals surface area (Å²) in [5.41, 5.74) is 5.93. The van der Waals surface area contributed by atoms with Gasteiger partial charge in [-0.1, -0.05) is 48.5 Å². The Bertz CT molecular complexity index is 1220. The van der Waals surface area contributed by atoms with Gasteiger partial charge in [-0.15, -0.1) is 0 Å². The zero-order valence-electron chi connectivity index (χ0n) is 22.7. The third-order valence-electron chi connectivity index (χ3n) is 6.60. The van der Waals surface area contributed by atoms with Crippen LogP contribution in [-0.2, 0) is 11.2 Å². The second kappa shape index (κ2) is 12.4. The summed E-state index contributed by atoms with van der Waals surface area (Å²) in [5.74, 6) is -0.0585. The highest BCUT2D eigenvalue weighted by Crippen LogP contribution is 2.31. The van der Waals surface area contributed by atoms with Crippen LogP contribution in [0.25, 0.3) is 11.1 Å². The molecule has 0 aliphatic rings. The maximum atomic E-state index is 11.4. The van der Waals surface area contributed by atoms with E-state index in [4.69, 9.17) is 9.47 Å². The highest BCUT2D eigenvalue weighted by atomic mass is 16.5. The smallest absolute Gasteiger partial charge is 0.335 e. The summed E-state index contributed by atoms with van der Waals surface area (Å²) in [7, 11) is 1.69. The molecule has 0 aliphatic heterocycles. The number of carboxylic acids is 1. The first-order valence-electron chi connectivity index (χ1n) is 12.6. The van der Waals surface area contributed by atoms with Crippen molar-refractivity contribution in [2.45, 2.75) is 58.8 Å². The number of ether oxygens (including phenoxy) is 2. The SMILES string of the molecule is COc1cc(C)ccc1CC(C)(C)NC[C@H](O)COC(C)c1ccccc1-c1ccc(C(=O)O)c(C)c1. The van der Waals surface area contributed by atoms with E-state index in [1.807, 2.05) is 56.3 Å². The molecule has 1 unspecified atom stereocenters. The van der Waals surface area contributed by atoms with Crippen molar-refractivity contribution in [1.29, 1.82) is 0 Å². The molecule has 0 amide bonds. The molecule has 0 saturated heterocycles. The van der Waals surface area contributed by atoms with Crippen molar-refractivity contribution in [3.63, 3.8) is 0 Å². The van der Waals surface area contributed by atoms with Crippen molar-refractivity contribution < 1.29 is 24.5 Å². The molecule has 0 aromatic heterocycles. The van der Waals surface area contributed by atoms with Crippen LogP contribution in [0.4, 0.5) is 0 Å². The third kappa shape index (κ3) is 7.65. The zero-order chi connectivity index (χ0) is 27.2. The average molecular weight is 506 g/mol. The summed E-state index contributed by atoms with van der Waals surface area (Å²) in [6.45, 7) is 10.6. The molecular formula is C31H39NO5. The number of β-amino-alcohol motifs (C(OH)–C–C–N with tert-alkyl or cyclic N) is 1. The van der Waals surface area contributed by atoms with Gasteiger partial charge in [-0.05, 0) is 86.6 Å². The van der Waals surface area contributed by atoms with Crippen LogP contribution >= 0.6 is 0 Å². The van der Waals surface area contributed by atoms with Gasteiger partial charge in [0.25, 0.3) is 0 Å².